The molecule has 0 spiro atoms. The summed E-state index contributed by atoms with van der Waals surface area (Å²) in [6, 6.07) is 7.78. The van der Waals surface area contributed by atoms with Crippen LogP contribution < -0.4 is 4.74 Å². The maximum absolute atomic E-state index is 10.2. The van der Waals surface area contributed by atoms with E-state index in [1.54, 1.807) is 7.11 Å². The largest absolute Gasteiger partial charge is 0.497 e. The van der Waals surface area contributed by atoms with Crippen LogP contribution in [0.15, 0.2) is 48.1 Å². The number of hydrogen-bond acceptors (Lipinski definition) is 3. The van der Waals surface area contributed by atoms with Gasteiger partial charge in [0.1, 0.15) is 5.75 Å². The molecule has 1 rings (SSSR count). The summed E-state index contributed by atoms with van der Waals surface area (Å²) in [7, 11) is 1.65. The van der Waals surface area contributed by atoms with E-state index in [9.17, 15) is 5.11 Å². The molecule has 3 nitrogen and oxygen atoms in total. The molecule has 134 valence electrons. The first-order valence-electron chi connectivity index (χ1n) is 8.65. The fourth-order valence-corrected chi connectivity index (χ4v) is 2.35. The van der Waals surface area contributed by atoms with Gasteiger partial charge in [0.05, 0.1) is 25.9 Å². The first-order valence-corrected chi connectivity index (χ1v) is 8.65. The van der Waals surface area contributed by atoms with Crippen LogP contribution in [0, 0.1) is 0 Å². The molecule has 0 bridgehead atoms. The van der Waals surface area contributed by atoms with Crippen molar-refractivity contribution in [3.63, 3.8) is 0 Å². The molecule has 1 N–H and O–H groups in total. The third-order valence-electron chi connectivity index (χ3n) is 4.10. The Balaban J connectivity index is 2.32. The SMILES string of the molecule is C=C(C)CCC/C(C)=C/CC(O)C(C)OCc1ccc(OC)cc1. The highest BCUT2D eigenvalue weighted by Crippen LogP contribution is 2.15. The van der Waals surface area contributed by atoms with E-state index in [0.29, 0.717) is 13.0 Å². The molecular formula is C21H32O3. The highest BCUT2D eigenvalue weighted by molar-refractivity contribution is 5.26. The molecule has 0 aliphatic carbocycles. The Hall–Kier alpha value is -1.58. The molecule has 0 aromatic heterocycles. The number of aliphatic hydroxyl groups is 1. The summed E-state index contributed by atoms with van der Waals surface area (Å²) in [4.78, 5) is 0. The van der Waals surface area contributed by atoms with Gasteiger partial charge in [-0.1, -0.05) is 29.4 Å². The Morgan fingerprint density at radius 3 is 2.46 bits per heavy atom. The predicted molar refractivity (Wildman–Crippen MR) is 100 cm³/mol. The van der Waals surface area contributed by atoms with Crippen molar-refractivity contribution in [2.45, 2.75) is 65.3 Å². The zero-order chi connectivity index (χ0) is 17.9. The summed E-state index contributed by atoms with van der Waals surface area (Å²) in [6.07, 6.45) is 5.30. The minimum atomic E-state index is -0.487. The maximum Gasteiger partial charge on any atom is 0.118 e. The minimum absolute atomic E-state index is 0.202. The average Bonchev–Trinajstić information content (AvgIpc) is 2.57. The van der Waals surface area contributed by atoms with Gasteiger partial charge in [0, 0.05) is 0 Å². The van der Waals surface area contributed by atoms with Crippen molar-refractivity contribution in [2.24, 2.45) is 0 Å². The summed E-state index contributed by atoms with van der Waals surface area (Å²) in [5, 5.41) is 10.2. The van der Waals surface area contributed by atoms with Crippen LogP contribution >= 0.6 is 0 Å². The van der Waals surface area contributed by atoms with Crippen LogP contribution in [-0.4, -0.2) is 24.4 Å². The Bertz CT molecular complexity index is 516. The number of hydrogen-bond donors (Lipinski definition) is 1. The predicted octanol–water partition coefficient (Wildman–Crippen LogP) is 5.04. The van der Waals surface area contributed by atoms with E-state index in [4.69, 9.17) is 9.47 Å². The van der Waals surface area contributed by atoms with Crippen molar-refractivity contribution in [2.75, 3.05) is 7.11 Å². The van der Waals surface area contributed by atoms with Crippen molar-refractivity contribution in [3.05, 3.63) is 53.6 Å². The van der Waals surface area contributed by atoms with E-state index in [2.05, 4.69) is 26.5 Å². The van der Waals surface area contributed by atoms with E-state index in [1.165, 1.54) is 11.1 Å². The standard InChI is InChI=1S/C21H32O3/c1-16(2)7-6-8-17(3)9-14-21(22)18(4)24-15-19-10-12-20(23-5)13-11-19/h9-13,18,21-22H,1,6-8,14-15H2,2-5H3/b17-9+. The lowest BCUT2D eigenvalue weighted by Crippen LogP contribution is -2.25. The third kappa shape index (κ3) is 8.32. The number of aliphatic hydroxyl groups excluding tert-OH is 1. The van der Waals surface area contributed by atoms with E-state index >= 15 is 0 Å². The number of methoxy groups -OCH3 is 1. The molecule has 0 aliphatic heterocycles. The first-order chi connectivity index (χ1) is 11.4. The normalized spacial score (nSPS) is 14.3. The molecular weight excluding hydrogens is 300 g/mol. The third-order valence-corrected chi connectivity index (χ3v) is 4.10. The molecule has 0 aliphatic rings. The van der Waals surface area contributed by atoms with Crippen LogP contribution in [0.25, 0.3) is 0 Å². The van der Waals surface area contributed by atoms with Gasteiger partial charge in [0.15, 0.2) is 0 Å². The van der Waals surface area contributed by atoms with E-state index in [-0.39, 0.29) is 6.10 Å². The van der Waals surface area contributed by atoms with Gasteiger partial charge in [-0.3, -0.25) is 0 Å². The van der Waals surface area contributed by atoms with E-state index in [0.717, 1.165) is 30.6 Å². The molecule has 24 heavy (non-hydrogen) atoms. The lowest BCUT2D eigenvalue weighted by Gasteiger charge is -2.19. The molecule has 0 radical (unpaired) electrons. The second-order valence-electron chi connectivity index (χ2n) is 6.53. The summed E-state index contributed by atoms with van der Waals surface area (Å²) < 4.78 is 10.9. The molecule has 1 aromatic rings. The van der Waals surface area contributed by atoms with Gasteiger partial charge in [-0.2, -0.15) is 0 Å². The summed E-state index contributed by atoms with van der Waals surface area (Å²) in [6.45, 7) is 10.5. The Morgan fingerprint density at radius 1 is 1.21 bits per heavy atom. The van der Waals surface area contributed by atoms with Gasteiger partial charge >= 0.3 is 0 Å². The molecule has 3 heteroatoms. The number of ether oxygens (including phenoxy) is 2. The number of rotatable bonds is 11. The van der Waals surface area contributed by atoms with Crippen LogP contribution in [0.5, 0.6) is 5.75 Å². The highest BCUT2D eigenvalue weighted by Gasteiger charge is 2.13. The Labute approximate surface area is 147 Å². The van der Waals surface area contributed by atoms with Crippen LogP contribution in [0.2, 0.25) is 0 Å². The number of allylic oxidation sites excluding steroid dienone is 2. The lowest BCUT2D eigenvalue weighted by atomic mass is 10.0. The van der Waals surface area contributed by atoms with Gasteiger partial charge in [-0.15, -0.1) is 6.58 Å². The topological polar surface area (TPSA) is 38.7 Å². The van der Waals surface area contributed by atoms with Crippen LogP contribution in [-0.2, 0) is 11.3 Å². The number of benzene rings is 1. The molecule has 0 heterocycles. The summed E-state index contributed by atoms with van der Waals surface area (Å²) in [5.41, 5.74) is 3.61. The average molecular weight is 332 g/mol. The highest BCUT2D eigenvalue weighted by atomic mass is 16.5. The maximum atomic E-state index is 10.2. The zero-order valence-corrected chi connectivity index (χ0v) is 15.5. The van der Waals surface area contributed by atoms with Gasteiger partial charge in [-0.25, -0.2) is 0 Å². The monoisotopic (exact) mass is 332 g/mol. The quantitative estimate of drug-likeness (QED) is 0.577. The summed E-state index contributed by atoms with van der Waals surface area (Å²) >= 11 is 0. The van der Waals surface area contributed by atoms with Gasteiger partial charge < -0.3 is 14.6 Å². The molecule has 2 unspecified atom stereocenters. The molecule has 0 saturated carbocycles. The van der Waals surface area contributed by atoms with Crippen molar-refractivity contribution in [3.8, 4) is 5.75 Å². The van der Waals surface area contributed by atoms with Crippen molar-refractivity contribution in [1.29, 1.82) is 0 Å². The molecule has 2 atom stereocenters. The fraction of sp³-hybridized carbons (Fsp3) is 0.524. The molecule has 0 saturated heterocycles. The smallest absolute Gasteiger partial charge is 0.118 e. The van der Waals surface area contributed by atoms with Crippen LogP contribution in [0.4, 0.5) is 0 Å². The van der Waals surface area contributed by atoms with E-state index < -0.39 is 6.10 Å². The van der Waals surface area contributed by atoms with Crippen LogP contribution in [0.1, 0.15) is 52.0 Å². The van der Waals surface area contributed by atoms with Gasteiger partial charge in [0.25, 0.3) is 0 Å². The molecule has 1 aromatic carbocycles. The van der Waals surface area contributed by atoms with Crippen molar-refractivity contribution in [1.82, 2.24) is 0 Å². The lowest BCUT2D eigenvalue weighted by molar-refractivity contribution is -0.0334. The van der Waals surface area contributed by atoms with Crippen LogP contribution in [0.3, 0.4) is 0 Å². The van der Waals surface area contributed by atoms with Crippen molar-refractivity contribution >= 4 is 0 Å². The van der Waals surface area contributed by atoms with Crippen molar-refractivity contribution < 1.29 is 14.6 Å². The molecule has 0 fully saturated rings. The second-order valence-corrected chi connectivity index (χ2v) is 6.53. The Kier molecular flexibility index (Phi) is 9.43. The van der Waals surface area contributed by atoms with Gasteiger partial charge in [-0.05, 0) is 64.2 Å². The minimum Gasteiger partial charge on any atom is -0.497 e. The summed E-state index contributed by atoms with van der Waals surface area (Å²) in [5.74, 6) is 0.832. The second kappa shape index (κ2) is 11.1. The van der Waals surface area contributed by atoms with E-state index in [1.807, 2.05) is 31.2 Å². The Morgan fingerprint density at radius 2 is 1.88 bits per heavy atom. The first kappa shape index (κ1) is 20.5. The fourth-order valence-electron chi connectivity index (χ4n) is 2.35. The van der Waals surface area contributed by atoms with Gasteiger partial charge in [0.2, 0.25) is 0 Å². The zero-order valence-electron chi connectivity index (χ0n) is 15.5. The molecule has 0 amide bonds.